The third-order valence-corrected chi connectivity index (χ3v) is 4.17. The molecule has 0 saturated carbocycles. The maximum atomic E-state index is 2.34. The predicted molar refractivity (Wildman–Crippen MR) is 86.8 cm³/mol. The van der Waals surface area contributed by atoms with Crippen LogP contribution in [0.15, 0.2) is 72.3 Å². The summed E-state index contributed by atoms with van der Waals surface area (Å²) in [5, 5.41) is 0. The van der Waals surface area contributed by atoms with Crippen molar-refractivity contribution in [1.82, 2.24) is 0 Å². The van der Waals surface area contributed by atoms with Gasteiger partial charge in [0.2, 0.25) is 0 Å². The van der Waals surface area contributed by atoms with Gasteiger partial charge in [-0.3, -0.25) is 0 Å². The molecule has 0 saturated heterocycles. The Morgan fingerprint density at radius 2 is 1.70 bits per heavy atom. The van der Waals surface area contributed by atoms with Crippen molar-refractivity contribution in [3.63, 3.8) is 0 Å². The van der Waals surface area contributed by atoms with Gasteiger partial charge in [0.15, 0.2) is 0 Å². The van der Waals surface area contributed by atoms with E-state index in [1.165, 1.54) is 27.8 Å². The van der Waals surface area contributed by atoms with Crippen molar-refractivity contribution in [3.8, 4) is 0 Å². The number of rotatable bonds is 2. The molecule has 20 heavy (non-hydrogen) atoms. The number of hydrogen-bond acceptors (Lipinski definition) is 0. The van der Waals surface area contributed by atoms with E-state index < -0.39 is 0 Å². The van der Waals surface area contributed by atoms with Crippen molar-refractivity contribution in [2.45, 2.75) is 26.2 Å². The average Bonchev–Trinajstić information content (AvgIpc) is 2.87. The summed E-state index contributed by atoms with van der Waals surface area (Å²) in [7, 11) is 0. The maximum absolute atomic E-state index is 2.34. The van der Waals surface area contributed by atoms with Gasteiger partial charge in [-0.1, -0.05) is 72.3 Å². The van der Waals surface area contributed by atoms with Gasteiger partial charge in [-0.05, 0) is 42.5 Å². The SMILES string of the molecule is C/C=C(C)\C=C1/CC(c2ccccc2)c2ccccc21. The van der Waals surface area contributed by atoms with Crippen LogP contribution >= 0.6 is 0 Å². The van der Waals surface area contributed by atoms with Crippen LogP contribution < -0.4 is 0 Å². The Labute approximate surface area is 121 Å². The number of fused-ring (bicyclic) bond motifs is 1. The molecule has 0 heteroatoms. The third-order valence-electron chi connectivity index (χ3n) is 4.17. The summed E-state index contributed by atoms with van der Waals surface area (Å²) in [6, 6.07) is 19.7. The molecule has 0 spiro atoms. The Balaban J connectivity index is 2.08. The fraction of sp³-hybridized carbons (Fsp3) is 0.200. The molecule has 0 N–H and O–H groups in total. The molecule has 1 aliphatic carbocycles. The van der Waals surface area contributed by atoms with Crippen LogP contribution in [0.2, 0.25) is 0 Å². The van der Waals surface area contributed by atoms with Gasteiger partial charge in [0.05, 0.1) is 0 Å². The van der Waals surface area contributed by atoms with Gasteiger partial charge in [-0.2, -0.15) is 0 Å². The fourth-order valence-corrected chi connectivity index (χ4v) is 3.01. The maximum Gasteiger partial charge on any atom is 0.0136 e. The number of benzene rings is 2. The molecule has 0 aliphatic heterocycles. The van der Waals surface area contributed by atoms with Crippen LogP contribution in [0.25, 0.3) is 5.57 Å². The average molecular weight is 260 g/mol. The largest absolute Gasteiger partial charge is 0.0847 e. The monoisotopic (exact) mass is 260 g/mol. The summed E-state index contributed by atoms with van der Waals surface area (Å²) in [4.78, 5) is 0. The first kappa shape index (κ1) is 12.9. The van der Waals surface area contributed by atoms with Gasteiger partial charge in [-0.25, -0.2) is 0 Å². The second-order valence-corrected chi connectivity index (χ2v) is 5.46. The summed E-state index contributed by atoms with van der Waals surface area (Å²) in [5.74, 6) is 0.503. The Morgan fingerprint density at radius 1 is 1.00 bits per heavy atom. The van der Waals surface area contributed by atoms with Crippen molar-refractivity contribution in [2.75, 3.05) is 0 Å². The Morgan fingerprint density at radius 3 is 2.45 bits per heavy atom. The molecule has 0 radical (unpaired) electrons. The van der Waals surface area contributed by atoms with Crippen LogP contribution in [0.5, 0.6) is 0 Å². The summed E-state index contributed by atoms with van der Waals surface area (Å²) in [6.07, 6.45) is 5.61. The minimum atomic E-state index is 0.503. The first-order valence-electron chi connectivity index (χ1n) is 7.27. The van der Waals surface area contributed by atoms with Crippen LogP contribution in [0.4, 0.5) is 0 Å². The molecule has 0 bridgehead atoms. The lowest BCUT2D eigenvalue weighted by atomic mass is 9.93. The van der Waals surface area contributed by atoms with Gasteiger partial charge >= 0.3 is 0 Å². The van der Waals surface area contributed by atoms with E-state index in [-0.39, 0.29) is 0 Å². The Hall–Kier alpha value is -2.08. The van der Waals surface area contributed by atoms with Crippen LogP contribution in [-0.2, 0) is 0 Å². The fourth-order valence-electron chi connectivity index (χ4n) is 3.01. The molecule has 0 heterocycles. The highest BCUT2D eigenvalue weighted by Crippen LogP contribution is 2.44. The lowest BCUT2D eigenvalue weighted by Gasteiger charge is -2.11. The molecule has 2 aromatic carbocycles. The van der Waals surface area contributed by atoms with Crippen molar-refractivity contribution in [3.05, 3.63) is 89.0 Å². The zero-order valence-corrected chi connectivity index (χ0v) is 12.1. The molecule has 1 aliphatic rings. The molecular weight excluding hydrogens is 240 g/mol. The lowest BCUT2D eigenvalue weighted by Crippen LogP contribution is -1.94. The minimum absolute atomic E-state index is 0.503. The molecule has 0 nitrogen and oxygen atoms in total. The van der Waals surface area contributed by atoms with Gasteiger partial charge in [0, 0.05) is 5.92 Å². The highest BCUT2D eigenvalue weighted by atomic mass is 14.3. The van der Waals surface area contributed by atoms with E-state index >= 15 is 0 Å². The summed E-state index contributed by atoms with van der Waals surface area (Å²) < 4.78 is 0. The minimum Gasteiger partial charge on any atom is -0.0847 e. The third kappa shape index (κ3) is 2.34. The smallest absolute Gasteiger partial charge is 0.0136 e. The number of hydrogen-bond donors (Lipinski definition) is 0. The second-order valence-electron chi connectivity index (χ2n) is 5.46. The lowest BCUT2D eigenvalue weighted by molar-refractivity contribution is 0.881. The normalized spacial score (nSPS) is 20.2. The zero-order chi connectivity index (χ0) is 13.9. The Kier molecular flexibility index (Phi) is 3.56. The van der Waals surface area contributed by atoms with Gasteiger partial charge in [0.1, 0.15) is 0 Å². The molecule has 0 amide bonds. The molecule has 2 aromatic rings. The van der Waals surface area contributed by atoms with E-state index in [0.717, 1.165) is 6.42 Å². The van der Waals surface area contributed by atoms with Gasteiger partial charge < -0.3 is 0 Å². The zero-order valence-electron chi connectivity index (χ0n) is 12.1. The standard InChI is InChI=1S/C20H20/c1-3-15(2)13-17-14-20(16-9-5-4-6-10-16)19-12-8-7-11-18(17)19/h3-13,20H,14H2,1-2H3/b15-3-,17-13+. The van der Waals surface area contributed by atoms with E-state index in [4.69, 9.17) is 0 Å². The van der Waals surface area contributed by atoms with E-state index in [1.54, 1.807) is 0 Å². The topological polar surface area (TPSA) is 0 Å². The molecule has 1 atom stereocenters. The molecule has 0 aromatic heterocycles. The molecule has 3 rings (SSSR count). The summed E-state index contributed by atoms with van der Waals surface area (Å²) >= 11 is 0. The van der Waals surface area contributed by atoms with Gasteiger partial charge in [-0.15, -0.1) is 0 Å². The van der Waals surface area contributed by atoms with E-state index in [9.17, 15) is 0 Å². The number of allylic oxidation sites excluding steroid dienone is 4. The summed E-state index contributed by atoms with van der Waals surface area (Å²) in [6.45, 7) is 4.27. The van der Waals surface area contributed by atoms with Crippen LogP contribution in [0.3, 0.4) is 0 Å². The first-order chi connectivity index (χ1) is 9.79. The second kappa shape index (κ2) is 5.50. The predicted octanol–water partition coefficient (Wildman–Crippen LogP) is 5.57. The quantitative estimate of drug-likeness (QED) is 0.662. The highest BCUT2D eigenvalue weighted by molar-refractivity contribution is 5.77. The van der Waals surface area contributed by atoms with Crippen molar-refractivity contribution in [1.29, 1.82) is 0 Å². The highest BCUT2D eigenvalue weighted by Gasteiger charge is 2.26. The van der Waals surface area contributed by atoms with Gasteiger partial charge in [0.25, 0.3) is 0 Å². The van der Waals surface area contributed by atoms with E-state index in [1.807, 2.05) is 0 Å². The Bertz CT molecular complexity index is 659. The van der Waals surface area contributed by atoms with E-state index in [0.29, 0.717) is 5.92 Å². The molecule has 1 unspecified atom stereocenters. The van der Waals surface area contributed by atoms with E-state index in [2.05, 4.69) is 80.6 Å². The first-order valence-corrected chi connectivity index (χ1v) is 7.27. The van der Waals surface area contributed by atoms with Crippen molar-refractivity contribution >= 4 is 5.57 Å². The van der Waals surface area contributed by atoms with Crippen LogP contribution in [0.1, 0.15) is 42.9 Å². The molecule has 0 fully saturated rings. The van der Waals surface area contributed by atoms with Crippen molar-refractivity contribution in [2.24, 2.45) is 0 Å². The van der Waals surface area contributed by atoms with Crippen LogP contribution in [0, 0.1) is 0 Å². The van der Waals surface area contributed by atoms with Crippen LogP contribution in [-0.4, -0.2) is 0 Å². The summed E-state index contributed by atoms with van der Waals surface area (Å²) in [5.41, 5.74) is 7.10. The van der Waals surface area contributed by atoms with Crippen molar-refractivity contribution < 1.29 is 0 Å². The molecular formula is C20H20. The molecule has 100 valence electrons.